The molecule has 4 rings (SSSR count). The Kier molecular flexibility index (Phi) is 3.35. The number of nitrogens with zero attached hydrogens (tertiary/aromatic N) is 3. The molecule has 1 aliphatic rings. The van der Waals surface area contributed by atoms with Gasteiger partial charge in [0.25, 0.3) is 0 Å². The van der Waals surface area contributed by atoms with Crippen LogP contribution in [0.5, 0.6) is 0 Å². The van der Waals surface area contributed by atoms with Crippen LogP contribution in [0, 0.1) is 6.92 Å². The highest BCUT2D eigenvalue weighted by molar-refractivity contribution is 6.33. The highest BCUT2D eigenvalue weighted by Crippen LogP contribution is 2.36. The average Bonchev–Trinajstić information content (AvgIpc) is 2.85. The van der Waals surface area contributed by atoms with Crippen LogP contribution in [-0.4, -0.2) is 14.6 Å². The number of rotatable bonds is 1. The molecule has 0 radical (unpaired) electrons. The summed E-state index contributed by atoms with van der Waals surface area (Å²) in [7, 11) is 0. The predicted octanol–water partition coefficient (Wildman–Crippen LogP) is 4.89. The third kappa shape index (κ3) is 2.03. The van der Waals surface area contributed by atoms with E-state index in [1.807, 2.05) is 31.2 Å². The van der Waals surface area contributed by atoms with Gasteiger partial charge in [0.15, 0.2) is 5.65 Å². The maximum absolute atomic E-state index is 6.60. The summed E-state index contributed by atoms with van der Waals surface area (Å²) in [6.45, 7) is 1.97. The zero-order valence-corrected chi connectivity index (χ0v) is 13.7. The van der Waals surface area contributed by atoms with Crippen molar-refractivity contribution in [1.29, 1.82) is 0 Å². The number of hydrogen-bond donors (Lipinski definition) is 0. The van der Waals surface area contributed by atoms with Crippen LogP contribution in [0.4, 0.5) is 0 Å². The van der Waals surface area contributed by atoms with Gasteiger partial charge in [-0.25, -0.2) is 9.50 Å². The Hall–Kier alpha value is -1.58. The molecule has 22 heavy (non-hydrogen) atoms. The monoisotopic (exact) mass is 331 g/mol. The second-order valence-corrected chi connectivity index (χ2v) is 6.48. The van der Waals surface area contributed by atoms with Crippen LogP contribution < -0.4 is 0 Å². The molecule has 0 aliphatic heterocycles. The van der Waals surface area contributed by atoms with Gasteiger partial charge in [-0.15, -0.1) is 0 Å². The molecule has 0 fully saturated rings. The topological polar surface area (TPSA) is 30.2 Å². The number of aromatic nitrogens is 3. The fraction of sp³-hybridized carbons (Fsp3) is 0.294. The minimum absolute atomic E-state index is 0.695. The number of benzene rings is 1. The predicted molar refractivity (Wildman–Crippen MR) is 89.8 cm³/mol. The number of fused-ring (bicyclic) bond motifs is 2. The van der Waals surface area contributed by atoms with Crippen molar-refractivity contribution >= 4 is 28.8 Å². The van der Waals surface area contributed by atoms with Crippen molar-refractivity contribution in [2.75, 3.05) is 0 Å². The molecule has 5 heteroatoms. The lowest BCUT2D eigenvalue weighted by Gasteiger charge is -2.16. The molecule has 0 spiro atoms. The normalized spacial score (nSPS) is 14.3. The van der Waals surface area contributed by atoms with E-state index in [1.54, 1.807) is 4.52 Å². The summed E-state index contributed by atoms with van der Waals surface area (Å²) in [5, 5.41) is 6.00. The van der Waals surface area contributed by atoms with Gasteiger partial charge in [-0.1, -0.05) is 41.4 Å². The van der Waals surface area contributed by atoms with Crippen molar-refractivity contribution in [2.24, 2.45) is 0 Å². The standard InChI is InChI=1S/C17H15Cl2N3/c1-10-15(11-6-2-4-8-13(11)18)17-20-14-9-5-3-7-12(14)16(19)22(17)21-10/h2,4,6,8H,3,5,7,9H2,1H3. The summed E-state index contributed by atoms with van der Waals surface area (Å²) in [5.41, 5.74) is 5.88. The summed E-state index contributed by atoms with van der Waals surface area (Å²) >= 11 is 13.0. The van der Waals surface area contributed by atoms with E-state index in [9.17, 15) is 0 Å². The van der Waals surface area contributed by atoms with E-state index < -0.39 is 0 Å². The largest absolute Gasteiger partial charge is 0.233 e. The third-order valence-corrected chi connectivity index (χ3v) is 5.01. The molecule has 0 atom stereocenters. The molecule has 3 nitrogen and oxygen atoms in total. The molecular formula is C17H15Cl2N3. The zero-order valence-electron chi connectivity index (χ0n) is 12.2. The molecular weight excluding hydrogens is 317 g/mol. The third-order valence-electron chi connectivity index (χ3n) is 4.29. The first-order valence-corrected chi connectivity index (χ1v) is 8.24. The maximum atomic E-state index is 6.60. The van der Waals surface area contributed by atoms with Gasteiger partial charge in [0.2, 0.25) is 0 Å². The van der Waals surface area contributed by atoms with Gasteiger partial charge in [0.05, 0.1) is 11.3 Å². The Morgan fingerprint density at radius 1 is 1.09 bits per heavy atom. The number of aryl methyl sites for hydroxylation is 2. The minimum Gasteiger partial charge on any atom is -0.233 e. The second kappa shape index (κ2) is 5.25. The molecule has 2 heterocycles. The lowest BCUT2D eigenvalue weighted by atomic mass is 9.97. The molecule has 0 saturated carbocycles. The van der Waals surface area contributed by atoms with E-state index >= 15 is 0 Å². The average molecular weight is 332 g/mol. The van der Waals surface area contributed by atoms with Crippen LogP contribution in [-0.2, 0) is 12.8 Å². The second-order valence-electron chi connectivity index (χ2n) is 5.71. The number of hydrogen-bond acceptors (Lipinski definition) is 2. The summed E-state index contributed by atoms with van der Waals surface area (Å²) in [6, 6.07) is 7.79. The fourth-order valence-electron chi connectivity index (χ4n) is 3.23. The maximum Gasteiger partial charge on any atom is 0.165 e. The van der Waals surface area contributed by atoms with Crippen molar-refractivity contribution in [3.8, 4) is 11.1 Å². The minimum atomic E-state index is 0.695. The molecule has 0 amide bonds. The van der Waals surface area contributed by atoms with Crippen molar-refractivity contribution in [3.05, 3.63) is 51.4 Å². The smallest absolute Gasteiger partial charge is 0.165 e. The van der Waals surface area contributed by atoms with E-state index in [2.05, 4.69) is 5.10 Å². The fourth-order valence-corrected chi connectivity index (χ4v) is 3.78. The Morgan fingerprint density at radius 2 is 1.86 bits per heavy atom. The summed E-state index contributed by atoms with van der Waals surface area (Å²) in [6.07, 6.45) is 4.30. The van der Waals surface area contributed by atoms with E-state index in [1.165, 1.54) is 6.42 Å². The van der Waals surface area contributed by atoms with Gasteiger partial charge in [0.1, 0.15) is 5.15 Å². The Morgan fingerprint density at radius 3 is 2.68 bits per heavy atom. The van der Waals surface area contributed by atoms with Crippen LogP contribution in [0.1, 0.15) is 29.8 Å². The molecule has 0 unspecified atom stereocenters. The van der Waals surface area contributed by atoms with E-state index in [4.69, 9.17) is 28.2 Å². The number of halogens is 2. The molecule has 1 aromatic carbocycles. The van der Waals surface area contributed by atoms with Crippen LogP contribution in [0.25, 0.3) is 16.8 Å². The van der Waals surface area contributed by atoms with Gasteiger partial charge >= 0.3 is 0 Å². The lowest BCUT2D eigenvalue weighted by molar-refractivity contribution is 0.660. The van der Waals surface area contributed by atoms with Gasteiger partial charge in [-0.2, -0.15) is 5.10 Å². The molecule has 112 valence electrons. The first-order chi connectivity index (χ1) is 10.7. The van der Waals surface area contributed by atoms with Crippen molar-refractivity contribution in [3.63, 3.8) is 0 Å². The van der Waals surface area contributed by atoms with Gasteiger partial charge < -0.3 is 0 Å². The molecule has 1 aliphatic carbocycles. The van der Waals surface area contributed by atoms with E-state index in [0.717, 1.165) is 53.0 Å². The molecule has 2 aromatic heterocycles. The highest BCUT2D eigenvalue weighted by atomic mass is 35.5. The van der Waals surface area contributed by atoms with Crippen LogP contribution in [0.15, 0.2) is 24.3 Å². The van der Waals surface area contributed by atoms with E-state index in [-0.39, 0.29) is 0 Å². The summed E-state index contributed by atoms with van der Waals surface area (Å²) in [4.78, 5) is 4.87. The molecule has 0 saturated heterocycles. The van der Waals surface area contributed by atoms with Gasteiger partial charge in [-0.05, 0) is 38.7 Å². The first-order valence-electron chi connectivity index (χ1n) is 7.48. The lowest BCUT2D eigenvalue weighted by Crippen LogP contribution is -2.10. The van der Waals surface area contributed by atoms with Crippen molar-refractivity contribution < 1.29 is 0 Å². The molecule has 0 N–H and O–H groups in total. The van der Waals surface area contributed by atoms with E-state index in [0.29, 0.717) is 10.2 Å². The van der Waals surface area contributed by atoms with Crippen molar-refractivity contribution in [1.82, 2.24) is 14.6 Å². The molecule has 0 bridgehead atoms. The Labute approximate surface area is 138 Å². The summed E-state index contributed by atoms with van der Waals surface area (Å²) in [5.74, 6) is 0. The van der Waals surface area contributed by atoms with Gasteiger partial charge in [-0.3, -0.25) is 0 Å². The zero-order chi connectivity index (χ0) is 15.3. The Balaban J connectivity index is 2.06. The highest BCUT2D eigenvalue weighted by Gasteiger charge is 2.22. The van der Waals surface area contributed by atoms with Crippen LogP contribution >= 0.6 is 23.2 Å². The van der Waals surface area contributed by atoms with Crippen LogP contribution in [0.2, 0.25) is 10.2 Å². The first kappa shape index (κ1) is 14.0. The quantitative estimate of drug-likeness (QED) is 0.594. The summed E-state index contributed by atoms with van der Waals surface area (Å²) < 4.78 is 1.76. The van der Waals surface area contributed by atoms with Crippen LogP contribution in [0.3, 0.4) is 0 Å². The van der Waals surface area contributed by atoms with Crippen molar-refractivity contribution in [2.45, 2.75) is 32.6 Å². The Bertz CT molecular complexity index is 883. The SMILES string of the molecule is Cc1nn2c(Cl)c3c(nc2c1-c1ccccc1Cl)CCCC3. The molecule has 3 aromatic rings. The van der Waals surface area contributed by atoms with Gasteiger partial charge in [0, 0.05) is 21.8 Å².